The molecule has 1 heterocycles. The van der Waals surface area contributed by atoms with Crippen molar-refractivity contribution in [3.05, 3.63) is 70.8 Å². The number of carbonyl (C=O) groups is 1. The van der Waals surface area contributed by atoms with Gasteiger partial charge in [0.2, 0.25) is 5.91 Å². The monoisotopic (exact) mass is 357 g/mol. The molecular weight excluding hydrogens is 336 g/mol. The lowest BCUT2D eigenvalue weighted by atomic mass is 10.2. The van der Waals surface area contributed by atoms with Crippen molar-refractivity contribution in [1.82, 2.24) is 0 Å². The van der Waals surface area contributed by atoms with E-state index in [4.69, 9.17) is 16.3 Å². The van der Waals surface area contributed by atoms with Crippen molar-refractivity contribution in [3.63, 3.8) is 0 Å². The van der Waals surface area contributed by atoms with Crippen LogP contribution >= 0.6 is 11.6 Å². The number of anilines is 1. The highest BCUT2D eigenvalue weighted by molar-refractivity contribution is 6.30. The zero-order valence-corrected chi connectivity index (χ0v) is 14.8. The van der Waals surface area contributed by atoms with Crippen molar-refractivity contribution in [3.8, 4) is 0 Å². The highest BCUT2D eigenvalue weighted by Crippen LogP contribution is 2.12. The summed E-state index contributed by atoms with van der Waals surface area (Å²) in [4.78, 5) is 13.5. The molecule has 0 unspecified atom stereocenters. The second kappa shape index (κ2) is 8.81. The molecule has 5 heteroatoms. The van der Waals surface area contributed by atoms with Gasteiger partial charge in [0.15, 0.2) is 0 Å². The Bertz CT molecular complexity index is 720. The van der Waals surface area contributed by atoms with Crippen molar-refractivity contribution >= 4 is 29.3 Å². The molecule has 1 fully saturated rings. The standard InChI is InChI=1S/C20H21ClN2O2/c21-18-6-1-16(2-7-18)5-10-20(24)22-19-8-3-17(4-9-19)15-23-11-13-25-14-12-23/h1-10H,11-15H2,(H,22,24)/p+1. The molecule has 2 aromatic rings. The van der Waals surface area contributed by atoms with Crippen molar-refractivity contribution < 1.29 is 14.4 Å². The van der Waals surface area contributed by atoms with Crippen molar-refractivity contribution in [1.29, 1.82) is 0 Å². The van der Waals surface area contributed by atoms with Gasteiger partial charge in [0.05, 0.1) is 13.2 Å². The maximum atomic E-state index is 12.0. The molecule has 1 saturated heterocycles. The van der Waals surface area contributed by atoms with Crippen LogP contribution < -0.4 is 10.2 Å². The molecule has 0 aromatic heterocycles. The second-order valence-electron chi connectivity index (χ2n) is 6.11. The van der Waals surface area contributed by atoms with Crippen molar-refractivity contribution in [2.24, 2.45) is 0 Å². The Labute approximate surface area is 153 Å². The molecule has 2 N–H and O–H groups in total. The summed E-state index contributed by atoms with van der Waals surface area (Å²) in [6, 6.07) is 15.4. The predicted molar refractivity (Wildman–Crippen MR) is 101 cm³/mol. The molecule has 25 heavy (non-hydrogen) atoms. The Balaban J connectivity index is 1.51. The number of nitrogens with one attached hydrogen (secondary N) is 2. The molecule has 3 rings (SSSR count). The Morgan fingerprint density at radius 2 is 1.76 bits per heavy atom. The topological polar surface area (TPSA) is 42.8 Å². The van der Waals surface area contributed by atoms with Crippen LogP contribution in [0.4, 0.5) is 5.69 Å². The number of benzene rings is 2. The third-order valence-corrected chi connectivity index (χ3v) is 4.42. The maximum absolute atomic E-state index is 12.0. The molecule has 0 bridgehead atoms. The Morgan fingerprint density at radius 1 is 1.08 bits per heavy atom. The van der Waals surface area contributed by atoms with Gasteiger partial charge in [0.25, 0.3) is 0 Å². The van der Waals surface area contributed by atoms with Gasteiger partial charge in [-0.2, -0.15) is 0 Å². The summed E-state index contributed by atoms with van der Waals surface area (Å²) < 4.78 is 5.38. The molecule has 0 aliphatic carbocycles. The first-order valence-electron chi connectivity index (χ1n) is 8.44. The van der Waals surface area contributed by atoms with Crippen LogP contribution in [0.1, 0.15) is 11.1 Å². The first kappa shape index (κ1) is 17.7. The number of carbonyl (C=O) groups excluding carboxylic acids is 1. The zero-order valence-electron chi connectivity index (χ0n) is 14.0. The van der Waals surface area contributed by atoms with Gasteiger partial charge in [0.1, 0.15) is 19.6 Å². The lowest BCUT2D eigenvalue weighted by molar-refractivity contribution is -0.921. The third-order valence-electron chi connectivity index (χ3n) is 4.17. The van der Waals surface area contributed by atoms with Crippen molar-refractivity contribution in [2.75, 3.05) is 31.6 Å². The first-order valence-corrected chi connectivity index (χ1v) is 8.82. The van der Waals surface area contributed by atoms with Gasteiger partial charge in [0, 0.05) is 22.3 Å². The SMILES string of the molecule is O=C(C=Cc1ccc(Cl)cc1)Nc1ccc(C[NH+]2CCOCC2)cc1. The van der Waals surface area contributed by atoms with Crippen LogP contribution in [0.5, 0.6) is 0 Å². The fraction of sp³-hybridized carbons (Fsp3) is 0.250. The van der Waals surface area contributed by atoms with Crippen LogP contribution in [-0.2, 0) is 16.1 Å². The van der Waals surface area contributed by atoms with E-state index in [-0.39, 0.29) is 5.91 Å². The summed E-state index contributed by atoms with van der Waals surface area (Å²) >= 11 is 5.84. The smallest absolute Gasteiger partial charge is 0.248 e. The van der Waals surface area contributed by atoms with E-state index < -0.39 is 0 Å². The lowest BCUT2D eigenvalue weighted by Gasteiger charge is -2.23. The molecule has 0 atom stereocenters. The van der Waals surface area contributed by atoms with Crippen LogP contribution in [0, 0.1) is 0 Å². The summed E-state index contributed by atoms with van der Waals surface area (Å²) in [6.45, 7) is 4.77. The number of hydrogen-bond donors (Lipinski definition) is 2. The molecule has 0 spiro atoms. The quantitative estimate of drug-likeness (QED) is 0.807. The molecule has 0 radical (unpaired) electrons. The van der Waals surface area contributed by atoms with Gasteiger partial charge in [-0.15, -0.1) is 0 Å². The summed E-state index contributed by atoms with van der Waals surface area (Å²) in [5, 5.41) is 3.56. The molecule has 1 aliphatic rings. The van der Waals surface area contributed by atoms with E-state index in [1.807, 2.05) is 24.3 Å². The normalized spacial score (nSPS) is 15.4. The average Bonchev–Trinajstić information content (AvgIpc) is 2.64. The summed E-state index contributed by atoms with van der Waals surface area (Å²) in [5.41, 5.74) is 3.00. The lowest BCUT2D eigenvalue weighted by Crippen LogP contribution is -3.12. The van der Waals surface area contributed by atoms with E-state index in [2.05, 4.69) is 17.4 Å². The number of ether oxygens (including phenoxy) is 1. The number of halogens is 1. The minimum Gasteiger partial charge on any atom is -0.370 e. The molecule has 4 nitrogen and oxygen atoms in total. The number of hydrogen-bond acceptors (Lipinski definition) is 2. The Kier molecular flexibility index (Phi) is 6.23. The molecule has 130 valence electrons. The molecular formula is C20H22ClN2O2+. The van der Waals surface area contributed by atoms with Crippen LogP contribution in [0.2, 0.25) is 5.02 Å². The third kappa shape index (κ3) is 5.71. The van der Waals surface area contributed by atoms with E-state index >= 15 is 0 Å². The highest BCUT2D eigenvalue weighted by atomic mass is 35.5. The van der Waals surface area contributed by atoms with E-state index in [0.29, 0.717) is 5.02 Å². The van der Waals surface area contributed by atoms with Crippen LogP contribution in [0.15, 0.2) is 54.6 Å². The average molecular weight is 358 g/mol. The molecule has 0 saturated carbocycles. The van der Waals surface area contributed by atoms with Crippen LogP contribution in [-0.4, -0.2) is 32.2 Å². The number of morpholine rings is 1. The summed E-state index contributed by atoms with van der Waals surface area (Å²) in [5.74, 6) is -0.151. The first-order chi connectivity index (χ1) is 12.2. The number of quaternary nitrogens is 1. The predicted octanol–water partition coefficient (Wildman–Crippen LogP) is 2.41. The second-order valence-corrected chi connectivity index (χ2v) is 6.55. The summed E-state index contributed by atoms with van der Waals surface area (Å²) in [6.07, 6.45) is 3.29. The zero-order chi connectivity index (χ0) is 17.5. The van der Waals surface area contributed by atoms with E-state index in [9.17, 15) is 4.79 Å². The van der Waals surface area contributed by atoms with E-state index in [0.717, 1.165) is 44.1 Å². The minimum atomic E-state index is -0.151. The minimum absolute atomic E-state index is 0.151. The highest BCUT2D eigenvalue weighted by Gasteiger charge is 2.13. The van der Waals surface area contributed by atoms with Crippen LogP contribution in [0.3, 0.4) is 0 Å². The van der Waals surface area contributed by atoms with Gasteiger partial charge in [-0.3, -0.25) is 4.79 Å². The molecule has 1 aliphatic heterocycles. The van der Waals surface area contributed by atoms with E-state index in [1.165, 1.54) is 16.5 Å². The fourth-order valence-electron chi connectivity index (χ4n) is 2.76. The number of rotatable bonds is 5. The van der Waals surface area contributed by atoms with E-state index in [1.54, 1.807) is 18.2 Å². The molecule has 2 aromatic carbocycles. The number of amides is 1. The van der Waals surface area contributed by atoms with Gasteiger partial charge in [-0.25, -0.2) is 0 Å². The molecule has 1 amide bonds. The van der Waals surface area contributed by atoms with Crippen LogP contribution in [0.25, 0.3) is 6.08 Å². The Morgan fingerprint density at radius 3 is 2.44 bits per heavy atom. The van der Waals surface area contributed by atoms with Gasteiger partial charge in [-0.1, -0.05) is 35.9 Å². The Hall–Kier alpha value is -2.14. The van der Waals surface area contributed by atoms with Gasteiger partial charge in [-0.05, 0) is 35.9 Å². The summed E-state index contributed by atoms with van der Waals surface area (Å²) in [7, 11) is 0. The maximum Gasteiger partial charge on any atom is 0.248 e. The van der Waals surface area contributed by atoms with Gasteiger partial charge < -0.3 is 15.0 Å². The largest absolute Gasteiger partial charge is 0.370 e. The van der Waals surface area contributed by atoms with Crippen molar-refractivity contribution in [2.45, 2.75) is 6.54 Å². The fourth-order valence-corrected chi connectivity index (χ4v) is 2.89. The van der Waals surface area contributed by atoms with Gasteiger partial charge >= 0.3 is 0 Å².